The van der Waals surface area contributed by atoms with Crippen LogP contribution in [0.1, 0.15) is 21.9 Å². The summed E-state index contributed by atoms with van der Waals surface area (Å²) in [5, 5.41) is 5.45. The summed E-state index contributed by atoms with van der Waals surface area (Å²) in [7, 11) is 2.02. The Labute approximate surface area is 121 Å². The standard InChI is InChI=1S/C15H18BrNS/c1-11-3-5-12(6-4-11)13(10-17-2)9-15-14(16)7-8-18-15/h3-8,13,17H,9-10H2,1-2H3. The van der Waals surface area contributed by atoms with Crippen molar-refractivity contribution in [3.63, 3.8) is 0 Å². The fourth-order valence-corrected chi connectivity index (χ4v) is 3.68. The largest absolute Gasteiger partial charge is 0.319 e. The van der Waals surface area contributed by atoms with Crippen molar-refractivity contribution in [2.24, 2.45) is 0 Å². The Bertz CT molecular complexity index is 489. The van der Waals surface area contributed by atoms with Gasteiger partial charge in [0.05, 0.1) is 0 Å². The zero-order chi connectivity index (χ0) is 13.0. The van der Waals surface area contributed by atoms with Gasteiger partial charge in [0.15, 0.2) is 0 Å². The van der Waals surface area contributed by atoms with Crippen molar-refractivity contribution in [1.29, 1.82) is 0 Å². The van der Waals surface area contributed by atoms with Crippen molar-refractivity contribution in [2.45, 2.75) is 19.3 Å². The molecule has 0 saturated heterocycles. The van der Waals surface area contributed by atoms with Gasteiger partial charge in [0, 0.05) is 21.8 Å². The van der Waals surface area contributed by atoms with Crippen LogP contribution in [0.4, 0.5) is 0 Å². The second-order valence-corrected chi connectivity index (χ2v) is 6.42. The molecular formula is C15H18BrNS. The van der Waals surface area contributed by atoms with Gasteiger partial charge in [0.2, 0.25) is 0 Å². The highest BCUT2D eigenvalue weighted by molar-refractivity contribution is 9.10. The monoisotopic (exact) mass is 323 g/mol. The first kappa shape index (κ1) is 13.8. The highest BCUT2D eigenvalue weighted by Gasteiger charge is 2.14. The molecule has 0 aliphatic carbocycles. The van der Waals surface area contributed by atoms with Crippen LogP contribution in [0.5, 0.6) is 0 Å². The molecule has 96 valence electrons. The molecule has 1 nitrogen and oxygen atoms in total. The average Bonchev–Trinajstić information content (AvgIpc) is 2.76. The third-order valence-corrected chi connectivity index (χ3v) is 5.07. The molecule has 0 radical (unpaired) electrons. The maximum absolute atomic E-state index is 3.62. The van der Waals surface area contributed by atoms with Crippen LogP contribution in [0.2, 0.25) is 0 Å². The van der Waals surface area contributed by atoms with E-state index in [1.54, 1.807) is 0 Å². The topological polar surface area (TPSA) is 12.0 Å². The van der Waals surface area contributed by atoms with E-state index in [4.69, 9.17) is 0 Å². The van der Waals surface area contributed by atoms with Crippen LogP contribution < -0.4 is 5.32 Å². The Morgan fingerprint density at radius 2 is 1.94 bits per heavy atom. The lowest BCUT2D eigenvalue weighted by Crippen LogP contribution is -2.19. The summed E-state index contributed by atoms with van der Waals surface area (Å²) < 4.78 is 1.24. The number of hydrogen-bond donors (Lipinski definition) is 1. The smallest absolute Gasteiger partial charge is 0.0314 e. The molecule has 1 aromatic heterocycles. The van der Waals surface area contributed by atoms with E-state index in [0.29, 0.717) is 5.92 Å². The highest BCUT2D eigenvalue weighted by Crippen LogP contribution is 2.29. The van der Waals surface area contributed by atoms with Gasteiger partial charge in [-0.05, 0) is 53.3 Å². The second-order valence-electron chi connectivity index (χ2n) is 4.56. The van der Waals surface area contributed by atoms with Crippen molar-refractivity contribution in [3.05, 3.63) is 56.2 Å². The molecule has 0 aliphatic rings. The number of benzene rings is 1. The lowest BCUT2D eigenvalue weighted by atomic mass is 9.94. The lowest BCUT2D eigenvalue weighted by molar-refractivity contribution is 0.629. The maximum Gasteiger partial charge on any atom is 0.0314 e. The Hall–Kier alpha value is -0.640. The van der Waals surface area contributed by atoms with Gasteiger partial charge in [0.25, 0.3) is 0 Å². The normalized spacial score (nSPS) is 12.6. The van der Waals surface area contributed by atoms with Crippen LogP contribution in [0.25, 0.3) is 0 Å². The van der Waals surface area contributed by atoms with Gasteiger partial charge in [-0.25, -0.2) is 0 Å². The Kier molecular flexibility index (Phi) is 4.98. The number of halogens is 1. The van der Waals surface area contributed by atoms with Crippen LogP contribution in [0, 0.1) is 6.92 Å². The predicted octanol–water partition coefficient (Wildman–Crippen LogP) is 4.36. The molecule has 1 N–H and O–H groups in total. The molecule has 18 heavy (non-hydrogen) atoms. The first-order valence-corrected chi connectivity index (χ1v) is 7.81. The molecule has 0 bridgehead atoms. The number of thiophene rings is 1. The second kappa shape index (κ2) is 6.50. The molecule has 0 aliphatic heterocycles. The van der Waals surface area contributed by atoms with Gasteiger partial charge in [-0.1, -0.05) is 29.8 Å². The van der Waals surface area contributed by atoms with Crippen LogP contribution in [0.15, 0.2) is 40.2 Å². The third-order valence-electron chi connectivity index (χ3n) is 3.12. The van der Waals surface area contributed by atoms with E-state index < -0.39 is 0 Å². The van der Waals surface area contributed by atoms with Crippen LogP contribution in [-0.2, 0) is 6.42 Å². The van der Waals surface area contributed by atoms with Gasteiger partial charge in [0.1, 0.15) is 0 Å². The summed E-state index contributed by atoms with van der Waals surface area (Å²) in [4.78, 5) is 1.43. The van der Waals surface area contributed by atoms with E-state index >= 15 is 0 Å². The average molecular weight is 324 g/mol. The number of rotatable bonds is 5. The number of hydrogen-bond acceptors (Lipinski definition) is 2. The van der Waals surface area contributed by atoms with Crippen molar-refractivity contribution in [3.8, 4) is 0 Å². The molecule has 1 unspecified atom stereocenters. The Morgan fingerprint density at radius 3 is 2.50 bits per heavy atom. The number of likely N-dealkylation sites (N-methyl/N-ethyl adjacent to an activating group) is 1. The van der Waals surface area contributed by atoms with Gasteiger partial charge in [-0.3, -0.25) is 0 Å². The minimum Gasteiger partial charge on any atom is -0.319 e. The predicted molar refractivity (Wildman–Crippen MR) is 83.6 cm³/mol. The zero-order valence-corrected chi connectivity index (χ0v) is 13.1. The van der Waals surface area contributed by atoms with Crippen molar-refractivity contribution >= 4 is 27.3 Å². The molecule has 0 saturated carbocycles. The van der Waals surface area contributed by atoms with Crippen molar-refractivity contribution < 1.29 is 0 Å². The van der Waals surface area contributed by atoms with Gasteiger partial charge in [-0.2, -0.15) is 0 Å². The molecule has 1 atom stereocenters. The van der Waals surface area contributed by atoms with E-state index in [1.807, 2.05) is 18.4 Å². The Balaban J connectivity index is 2.18. The summed E-state index contributed by atoms with van der Waals surface area (Å²) >= 11 is 5.45. The van der Waals surface area contributed by atoms with Crippen molar-refractivity contribution in [1.82, 2.24) is 5.32 Å². The molecular weight excluding hydrogens is 306 g/mol. The molecule has 3 heteroatoms. The number of aryl methyl sites for hydroxylation is 1. The lowest BCUT2D eigenvalue weighted by Gasteiger charge is -2.17. The zero-order valence-electron chi connectivity index (χ0n) is 10.7. The van der Waals surface area contributed by atoms with E-state index in [0.717, 1.165) is 13.0 Å². The summed E-state index contributed by atoms with van der Waals surface area (Å²) in [6.07, 6.45) is 1.09. The quantitative estimate of drug-likeness (QED) is 0.861. The number of nitrogens with one attached hydrogen (secondary N) is 1. The van der Waals surface area contributed by atoms with Crippen LogP contribution in [0.3, 0.4) is 0 Å². The summed E-state index contributed by atoms with van der Waals surface area (Å²) in [6.45, 7) is 3.14. The molecule has 0 spiro atoms. The fraction of sp³-hybridized carbons (Fsp3) is 0.333. The highest BCUT2D eigenvalue weighted by atomic mass is 79.9. The molecule has 1 heterocycles. The van der Waals surface area contributed by atoms with Gasteiger partial charge < -0.3 is 5.32 Å². The van der Waals surface area contributed by atoms with Gasteiger partial charge in [-0.15, -0.1) is 11.3 Å². The van der Waals surface area contributed by atoms with Crippen molar-refractivity contribution in [2.75, 3.05) is 13.6 Å². The Morgan fingerprint density at radius 1 is 1.22 bits per heavy atom. The van der Waals surface area contributed by atoms with Crippen LogP contribution in [-0.4, -0.2) is 13.6 Å². The summed E-state index contributed by atoms with van der Waals surface area (Å²) in [5.41, 5.74) is 2.73. The molecule has 0 amide bonds. The molecule has 1 aromatic carbocycles. The summed E-state index contributed by atoms with van der Waals surface area (Å²) in [6, 6.07) is 11.0. The van der Waals surface area contributed by atoms with E-state index in [2.05, 4.69) is 63.9 Å². The maximum atomic E-state index is 3.62. The van der Waals surface area contributed by atoms with E-state index in [-0.39, 0.29) is 0 Å². The molecule has 0 fully saturated rings. The first-order valence-electron chi connectivity index (χ1n) is 6.13. The van der Waals surface area contributed by atoms with E-state index in [9.17, 15) is 0 Å². The minimum absolute atomic E-state index is 0.533. The molecule has 2 rings (SSSR count). The van der Waals surface area contributed by atoms with Crippen LogP contribution >= 0.6 is 27.3 Å². The molecule has 2 aromatic rings. The van der Waals surface area contributed by atoms with Gasteiger partial charge >= 0.3 is 0 Å². The third kappa shape index (κ3) is 3.44. The minimum atomic E-state index is 0.533. The van der Waals surface area contributed by atoms with E-state index in [1.165, 1.54) is 20.5 Å². The SMILES string of the molecule is CNCC(Cc1sccc1Br)c1ccc(C)cc1. The first-order chi connectivity index (χ1) is 8.70. The summed E-state index contributed by atoms with van der Waals surface area (Å²) in [5.74, 6) is 0.533. The fourth-order valence-electron chi connectivity index (χ4n) is 2.09.